The highest BCUT2D eigenvalue weighted by atomic mass is 32.2. The van der Waals surface area contributed by atoms with Gasteiger partial charge < -0.3 is 9.84 Å². The second-order valence-corrected chi connectivity index (χ2v) is 6.19. The van der Waals surface area contributed by atoms with E-state index in [1.807, 2.05) is 0 Å². The van der Waals surface area contributed by atoms with Crippen LogP contribution in [0.4, 0.5) is 0 Å². The molecule has 0 bridgehead atoms. The summed E-state index contributed by atoms with van der Waals surface area (Å²) >= 11 is 0.786. The van der Waals surface area contributed by atoms with Crippen LogP contribution < -0.4 is 4.72 Å². The molecule has 1 aromatic rings. The summed E-state index contributed by atoms with van der Waals surface area (Å²) in [4.78, 5) is 25.2. The topological polar surface area (TPSA) is 123 Å². The van der Waals surface area contributed by atoms with Crippen molar-refractivity contribution in [2.24, 2.45) is 0 Å². The Bertz CT molecular complexity index is 565. The van der Waals surface area contributed by atoms with E-state index in [1.54, 1.807) is 0 Å². The number of aromatic nitrogens is 1. The highest BCUT2D eigenvalue weighted by Gasteiger charge is 2.26. The molecule has 0 unspecified atom stereocenters. The van der Waals surface area contributed by atoms with Gasteiger partial charge in [0.1, 0.15) is 0 Å². The lowest BCUT2D eigenvalue weighted by atomic mass is 10.3. The predicted octanol–water partition coefficient (Wildman–Crippen LogP) is 0.0728. The molecule has 10 heteroatoms. The molecule has 0 aliphatic rings. The van der Waals surface area contributed by atoms with Crippen LogP contribution in [0.25, 0.3) is 0 Å². The summed E-state index contributed by atoms with van der Waals surface area (Å²) in [5.74, 6) is -1.85. The third-order valence-corrected chi connectivity index (χ3v) is 4.85. The van der Waals surface area contributed by atoms with Crippen molar-refractivity contribution in [3.05, 3.63) is 11.2 Å². The number of carbonyl (C=O) groups is 2. The molecule has 0 atom stereocenters. The SMILES string of the molecule is COC(=O)c1ncsc1S(=O)(=O)NCCCC(=O)O. The molecule has 8 nitrogen and oxygen atoms in total. The van der Waals surface area contributed by atoms with Crippen LogP contribution in [0, 0.1) is 0 Å². The summed E-state index contributed by atoms with van der Waals surface area (Å²) in [6.07, 6.45) is 0.00991. The summed E-state index contributed by atoms with van der Waals surface area (Å²) in [6, 6.07) is 0. The number of rotatable bonds is 7. The average molecular weight is 308 g/mol. The molecule has 0 aromatic carbocycles. The fraction of sp³-hybridized carbons (Fsp3) is 0.444. The van der Waals surface area contributed by atoms with Gasteiger partial charge in [-0.3, -0.25) is 4.79 Å². The molecule has 0 fully saturated rings. The number of methoxy groups -OCH3 is 1. The van der Waals surface area contributed by atoms with Crippen molar-refractivity contribution in [2.75, 3.05) is 13.7 Å². The first-order valence-corrected chi connectivity index (χ1v) is 7.48. The zero-order valence-corrected chi connectivity index (χ0v) is 11.6. The van der Waals surface area contributed by atoms with E-state index in [4.69, 9.17) is 5.11 Å². The minimum Gasteiger partial charge on any atom is -0.481 e. The number of aliphatic carboxylic acids is 1. The van der Waals surface area contributed by atoms with Gasteiger partial charge >= 0.3 is 11.9 Å². The number of sulfonamides is 1. The zero-order valence-electron chi connectivity index (χ0n) is 9.95. The quantitative estimate of drug-likeness (QED) is 0.540. The van der Waals surface area contributed by atoms with E-state index >= 15 is 0 Å². The van der Waals surface area contributed by atoms with Gasteiger partial charge in [-0.1, -0.05) is 0 Å². The van der Waals surface area contributed by atoms with Gasteiger partial charge in [0.2, 0.25) is 0 Å². The summed E-state index contributed by atoms with van der Waals surface area (Å²) in [7, 11) is -2.77. The summed E-state index contributed by atoms with van der Waals surface area (Å²) in [5.41, 5.74) is 0.941. The first-order valence-electron chi connectivity index (χ1n) is 5.11. The number of hydrogen-bond donors (Lipinski definition) is 2. The summed E-state index contributed by atoms with van der Waals surface area (Å²) in [5, 5.41) is 8.43. The number of esters is 1. The van der Waals surface area contributed by atoms with Crippen molar-refractivity contribution in [2.45, 2.75) is 17.1 Å². The Labute approximate surface area is 113 Å². The third kappa shape index (κ3) is 4.26. The van der Waals surface area contributed by atoms with Crippen LogP contribution in [0.5, 0.6) is 0 Å². The Morgan fingerprint density at radius 3 is 2.79 bits per heavy atom. The lowest BCUT2D eigenvalue weighted by molar-refractivity contribution is -0.137. The van der Waals surface area contributed by atoms with Crippen molar-refractivity contribution in [1.82, 2.24) is 9.71 Å². The van der Waals surface area contributed by atoms with Crippen LogP contribution in [0.3, 0.4) is 0 Å². The lowest BCUT2D eigenvalue weighted by Gasteiger charge is -2.05. The number of carboxylic acid groups (broad SMARTS) is 1. The molecular formula is C9H12N2O6S2. The Kier molecular flexibility index (Phi) is 5.39. The number of nitrogens with zero attached hydrogens (tertiary/aromatic N) is 1. The van der Waals surface area contributed by atoms with E-state index in [-0.39, 0.29) is 29.3 Å². The second-order valence-electron chi connectivity index (χ2n) is 3.38. The smallest absolute Gasteiger partial charge is 0.358 e. The van der Waals surface area contributed by atoms with Crippen LogP contribution in [0.1, 0.15) is 23.3 Å². The van der Waals surface area contributed by atoms with Gasteiger partial charge in [0.25, 0.3) is 10.0 Å². The number of carboxylic acids is 1. The molecule has 106 valence electrons. The maximum Gasteiger partial charge on any atom is 0.358 e. The molecule has 0 aliphatic carbocycles. The second kappa shape index (κ2) is 6.59. The van der Waals surface area contributed by atoms with E-state index < -0.39 is 22.0 Å². The third-order valence-electron chi connectivity index (χ3n) is 2.02. The van der Waals surface area contributed by atoms with Crippen LogP contribution in [0.15, 0.2) is 9.72 Å². The molecule has 0 aliphatic heterocycles. The van der Waals surface area contributed by atoms with Crippen molar-refractivity contribution in [3.63, 3.8) is 0 Å². The largest absolute Gasteiger partial charge is 0.481 e. The fourth-order valence-corrected chi connectivity index (χ4v) is 3.42. The number of nitrogens with one attached hydrogen (secondary N) is 1. The Balaban J connectivity index is 2.75. The van der Waals surface area contributed by atoms with Gasteiger partial charge in [-0.05, 0) is 6.42 Å². The average Bonchev–Trinajstić information content (AvgIpc) is 2.83. The van der Waals surface area contributed by atoms with Gasteiger partial charge in [-0.15, -0.1) is 11.3 Å². The van der Waals surface area contributed by atoms with Crippen molar-refractivity contribution in [3.8, 4) is 0 Å². The Morgan fingerprint density at radius 2 is 2.21 bits per heavy atom. The maximum absolute atomic E-state index is 11.9. The summed E-state index contributed by atoms with van der Waals surface area (Å²) < 4.78 is 30.2. The molecule has 1 aromatic heterocycles. The van der Waals surface area contributed by atoms with Crippen LogP contribution in [0.2, 0.25) is 0 Å². The van der Waals surface area contributed by atoms with Crippen LogP contribution in [-0.4, -0.2) is 44.1 Å². The number of thiazole rings is 1. The first kappa shape index (κ1) is 15.5. The first-order chi connectivity index (χ1) is 8.88. The van der Waals surface area contributed by atoms with E-state index in [1.165, 1.54) is 5.51 Å². The van der Waals surface area contributed by atoms with Gasteiger partial charge in [0, 0.05) is 13.0 Å². The highest BCUT2D eigenvalue weighted by molar-refractivity contribution is 7.91. The van der Waals surface area contributed by atoms with Crippen molar-refractivity contribution < 1.29 is 27.9 Å². The zero-order chi connectivity index (χ0) is 14.5. The molecule has 0 radical (unpaired) electrons. The monoisotopic (exact) mass is 308 g/mol. The summed E-state index contributed by atoms with van der Waals surface area (Å²) in [6.45, 7) is -0.0346. The Hall–Kier alpha value is -1.52. The molecule has 1 heterocycles. The number of ether oxygens (including phenoxy) is 1. The molecular weight excluding hydrogens is 296 g/mol. The molecule has 19 heavy (non-hydrogen) atoms. The Morgan fingerprint density at radius 1 is 1.53 bits per heavy atom. The van der Waals surface area contributed by atoms with Crippen molar-refractivity contribution >= 4 is 33.3 Å². The molecule has 0 amide bonds. The highest BCUT2D eigenvalue weighted by Crippen LogP contribution is 2.20. The number of carbonyl (C=O) groups excluding carboxylic acids is 1. The van der Waals surface area contributed by atoms with E-state index in [9.17, 15) is 18.0 Å². The van der Waals surface area contributed by atoms with Crippen molar-refractivity contribution in [1.29, 1.82) is 0 Å². The normalized spacial score (nSPS) is 11.2. The van der Waals surface area contributed by atoms with E-state index in [0.717, 1.165) is 18.4 Å². The van der Waals surface area contributed by atoms with Crippen LogP contribution >= 0.6 is 11.3 Å². The molecule has 0 saturated carbocycles. The van der Waals surface area contributed by atoms with Gasteiger partial charge in [0.05, 0.1) is 12.6 Å². The molecule has 0 saturated heterocycles. The minimum absolute atomic E-state index is 0.0346. The van der Waals surface area contributed by atoms with Gasteiger partial charge in [0.15, 0.2) is 9.90 Å². The molecule has 2 N–H and O–H groups in total. The molecule has 1 rings (SSSR count). The van der Waals surface area contributed by atoms with Gasteiger partial charge in [-0.2, -0.15) is 0 Å². The van der Waals surface area contributed by atoms with E-state index in [0.29, 0.717) is 0 Å². The van der Waals surface area contributed by atoms with Crippen LogP contribution in [-0.2, 0) is 19.6 Å². The molecule has 0 spiro atoms. The van der Waals surface area contributed by atoms with Gasteiger partial charge in [-0.25, -0.2) is 22.9 Å². The predicted molar refractivity (Wildman–Crippen MR) is 65.5 cm³/mol. The number of hydrogen-bond acceptors (Lipinski definition) is 7. The minimum atomic E-state index is -3.89. The fourth-order valence-electron chi connectivity index (χ4n) is 1.17. The van der Waals surface area contributed by atoms with E-state index in [2.05, 4.69) is 14.4 Å². The lowest BCUT2D eigenvalue weighted by Crippen LogP contribution is -2.26. The standard InChI is InChI=1S/C9H12N2O6S2/c1-17-8(14)7-9(18-5-10-7)19(15,16)11-4-2-3-6(12)13/h5,11H,2-4H2,1H3,(H,12,13). The maximum atomic E-state index is 11.9.